The Balaban J connectivity index is 1.40. The minimum Gasteiger partial charge on any atom is -0.394 e. The van der Waals surface area contributed by atoms with Crippen LogP contribution in [0.25, 0.3) is 0 Å². The number of rotatable bonds is 9. The first-order chi connectivity index (χ1) is 14.6. The van der Waals surface area contributed by atoms with Crippen LogP contribution in [0.15, 0.2) is 48.9 Å². The fourth-order valence-electron chi connectivity index (χ4n) is 3.55. The number of nitrogens with one attached hydrogen (secondary N) is 2. The molecule has 1 aliphatic rings. The molecule has 0 radical (unpaired) electrons. The molecule has 0 aromatic carbocycles. The van der Waals surface area contributed by atoms with E-state index in [9.17, 15) is 14.7 Å². The molecule has 1 fully saturated rings. The van der Waals surface area contributed by atoms with Crippen molar-refractivity contribution < 1.29 is 19.4 Å². The van der Waals surface area contributed by atoms with Gasteiger partial charge in [0.05, 0.1) is 31.6 Å². The third-order valence-electron chi connectivity index (χ3n) is 5.11. The van der Waals surface area contributed by atoms with Crippen LogP contribution in [-0.4, -0.2) is 58.3 Å². The summed E-state index contributed by atoms with van der Waals surface area (Å²) >= 11 is 0. The Bertz CT molecular complexity index is 803. The molecule has 1 saturated heterocycles. The van der Waals surface area contributed by atoms with Crippen LogP contribution in [0.2, 0.25) is 0 Å². The molecule has 1 aliphatic heterocycles. The molecular formula is C22H28N4O4. The van der Waals surface area contributed by atoms with Crippen molar-refractivity contribution in [3.05, 3.63) is 60.2 Å². The third kappa shape index (κ3) is 6.89. The van der Waals surface area contributed by atoms with Crippen molar-refractivity contribution >= 4 is 11.8 Å². The molecule has 160 valence electrons. The van der Waals surface area contributed by atoms with Gasteiger partial charge in [-0.05, 0) is 49.1 Å². The highest BCUT2D eigenvalue weighted by molar-refractivity contribution is 5.78. The van der Waals surface area contributed by atoms with E-state index in [1.165, 1.54) is 0 Å². The zero-order valence-corrected chi connectivity index (χ0v) is 16.9. The molecule has 30 heavy (non-hydrogen) atoms. The van der Waals surface area contributed by atoms with Crippen LogP contribution in [0.4, 0.5) is 0 Å². The van der Waals surface area contributed by atoms with Crippen molar-refractivity contribution in [2.24, 2.45) is 0 Å². The Hall–Kier alpha value is -2.84. The molecule has 3 N–H and O–H groups in total. The van der Waals surface area contributed by atoms with Gasteiger partial charge in [0.15, 0.2) is 0 Å². The predicted octanol–water partition coefficient (Wildman–Crippen LogP) is 0.793. The maximum absolute atomic E-state index is 12.3. The molecule has 0 bridgehead atoms. The Morgan fingerprint density at radius 3 is 2.67 bits per heavy atom. The number of amides is 2. The Morgan fingerprint density at radius 2 is 1.93 bits per heavy atom. The lowest BCUT2D eigenvalue weighted by atomic mass is 9.96. The van der Waals surface area contributed by atoms with E-state index in [1.54, 1.807) is 30.7 Å². The molecule has 3 atom stereocenters. The molecule has 2 aromatic rings. The van der Waals surface area contributed by atoms with Gasteiger partial charge in [-0.3, -0.25) is 19.6 Å². The van der Waals surface area contributed by atoms with Gasteiger partial charge >= 0.3 is 0 Å². The topological polar surface area (TPSA) is 113 Å². The van der Waals surface area contributed by atoms with Gasteiger partial charge in [0.25, 0.3) is 0 Å². The number of aliphatic hydroxyl groups excluding tert-OH is 1. The van der Waals surface area contributed by atoms with E-state index < -0.39 is 6.10 Å². The van der Waals surface area contributed by atoms with Crippen molar-refractivity contribution in [3.8, 4) is 0 Å². The highest BCUT2D eigenvalue weighted by Crippen LogP contribution is 2.22. The summed E-state index contributed by atoms with van der Waals surface area (Å²) in [6.07, 6.45) is 6.75. The molecule has 3 rings (SSSR count). The number of hydrogen-bond donors (Lipinski definition) is 3. The van der Waals surface area contributed by atoms with E-state index in [0.717, 1.165) is 12.0 Å². The lowest BCUT2D eigenvalue weighted by Crippen LogP contribution is -2.51. The lowest BCUT2D eigenvalue weighted by Gasteiger charge is -2.36. The lowest BCUT2D eigenvalue weighted by molar-refractivity contribution is -0.135. The van der Waals surface area contributed by atoms with Crippen LogP contribution in [0.1, 0.15) is 30.5 Å². The molecule has 2 aromatic heterocycles. The number of carbonyl (C=O) groups excluding carboxylic acids is 2. The number of aliphatic hydroxyl groups is 1. The van der Waals surface area contributed by atoms with Crippen LogP contribution < -0.4 is 10.6 Å². The summed E-state index contributed by atoms with van der Waals surface area (Å²) in [6.45, 7) is 0.333. The fourth-order valence-corrected chi connectivity index (χ4v) is 3.55. The average molecular weight is 412 g/mol. The van der Waals surface area contributed by atoms with Gasteiger partial charge in [0.1, 0.15) is 6.10 Å². The SMILES string of the molecule is O=C(C[C@@H]1CC[C@@H](NC(=O)Cc2ccccn2)[C@@H](CO)O1)NCCc1ccncc1. The quantitative estimate of drug-likeness (QED) is 0.561. The van der Waals surface area contributed by atoms with Gasteiger partial charge in [-0.2, -0.15) is 0 Å². The van der Waals surface area contributed by atoms with Crippen LogP contribution in [-0.2, 0) is 27.2 Å². The molecule has 0 spiro atoms. The molecule has 8 nitrogen and oxygen atoms in total. The normalized spacial score (nSPS) is 21.0. The van der Waals surface area contributed by atoms with Gasteiger partial charge in [0, 0.05) is 30.8 Å². The Labute approximate surface area is 176 Å². The van der Waals surface area contributed by atoms with Crippen LogP contribution >= 0.6 is 0 Å². The second-order valence-corrected chi connectivity index (χ2v) is 7.39. The van der Waals surface area contributed by atoms with Crippen molar-refractivity contribution in [1.82, 2.24) is 20.6 Å². The molecule has 8 heteroatoms. The summed E-state index contributed by atoms with van der Waals surface area (Å²) < 4.78 is 5.89. The van der Waals surface area contributed by atoms with Gasteiger partial charge in [-0.1, -0.05) is 6.07 Å². The summed E-state index contributed by atoms with van der Waals surface area (Å²) in [6, 6.07) is 8.99. The number of aromatic nitrogens is 2. The number of nitrogens with zero attached hydrogens (tertiary/aromatic N) is 2. The Kier molecular flexibility index (Phi) is 8.29. The molecule has 0 unspecified atom stereocenters. The number of carbonyl (C=O) groups is 2. The van der Waals surface area contributed by atoms with Gasteiger partial charge in [-0.25, -0.2) is 0 Å². The predicted molar refractivity (Wildman–Crippen MR) is 110 cm³/mol. The molecule has 0 aliphatic carbocycles. The highest BCUT2D eigenvalue weighted by Gasteiger charge is 2.32. The number of hydrogen-bond acceptors (Lipinski definition) is 6. The molecule has 2 amide bonds. The van der Waals surface area contributed by atoms with Crippen LogP contribution in [0, 0.1) is 0 Å². The highest BCUT2D eigenvalue weighted by atomic mass is 16.5. The van der Waals surface area contributed by atoms with Crippen molar-refractivity contribution in [2.45, 2.75) is 50.4 Å². The van der Waals surface area contributed by atoms with Crippen molar-refractivity contribution in [1.29, 1.82) is 0 Å². The first-order valence-electron chi connectivity index (χ1n) is 10.2. The third-order valence-corrected chi connectivity index (χ3v) is 5.11. The summed E-state index contributed by atoms with van der Waals surface area (Å²) in [7, 11) is 0. The van der Waals surface area contributed by atoms with Crippen LogP contribution in [0.5, 0.6) is 0 Å². The minimum absolute atomic E-state index is 0.0802. The Morgan fingerprint density at radius 1 is 1.10 bits per heavy atom. The zero-order chi connectivity index (χ0) is 21.2. The van der Waals surface area contributed by atoms with Gasteiger partial charge in [0.2, 0.25) is 11.8 Å². The van der Waals surface area contributed by atoms with E-state index in [-0.39, 0.29) is 43.4 Å². The first kappa shape index (κ1) is 21.9. The summed E-state index contributed by atoms with van der Waals surface area (Å²) in [5.74, 6) is -0.239. The van der Waals surface area contributed by atoms with E-state index in [4.69, 9.17) is 4.74 Å². The second-order valence-electron chi connectivity index (χ2n) is 7.39. The first-order valence-corrected chi connectivity index (χ1v) is 10.2. The van der Waals surface area contributed by atoms with Crippen LogP contribution in [0.3, 0.4) is 0 Å². The zero-order valence-electron chi connectivity index (χ0n) is 16.9. The van der Waals surface area contributed by atoms with E-state index in [1.807, 2.05) is 18.2 Å². The molecular weight excluding hydrogens is 384 g/mol. The standard InChI is InChI=1S/C22H28N4O4/c27-15-20-19(26-22(29)13-17-3-1-2-9-24-17)5-4-18(30-20)14-21(28)25-12-8-16-6-10-23-11-7-16/h1-3,6-7,9-11,18-20,27H,4-5,8,12-15H2,(H,25,28)(H,26,29)/t18-,19+,20+/m0/s1. The maximum Gasteiger partial charge on any atom is 0.226 e. The van der Waals surface area contributed by atoms with E-state index in [2.05, 4.69) is 20.6 Å². The van der Waals surface area contributed by atoms with Crippen molar-refractivity contribution in [3.63, 3.8) is 0 Å². The summed E-state index contributed by atoms with van der Waals surface area (Å²) in [4.78, 5) is 32.6. The van der Waals surface area contributed by atoms with Crippen molar-refractivity contribution in [2.75, 3.05) is 13.2 Å². The van der Waals surface area contributed by atoms with E-state index >= 15 is 0 Å². The number of pyridine rings is 2. The summed E-state index contributed by atoms with van der Waals surface area (Å²) in [5.41, 5.74) is 1.80. The smallest absolute Gasteiger partial charge is 0.226 e. The van der Waals surface area contributed by atoms with Gasteiger partial charge in [-0.15, -0.1) is 0 Å². The largest absolute Gasteiger partial charge is 0.394 e. The average Bonchev–Trinajstić information content (AvgIpc) is 2.76. The van der Waals surface area contributed by atoms with Gasteiger partial charge < -0.3 is 20.5 Å². The second kappa shape index (κ2) is 11.4. The minimum atomic E-state index is -0.527. The molecule has 3 heterocycles. The summed E-state index contributed by atoms with van der Waals surface area (Å²) in [5, 5.41) is 15.5. The number of ether oxygens (including phenoxy) is 1. The fraction of sp³-hybridized carbons (Fsp3) is 0.455. The molecule has 0 saturated carbocycles. The monoisotopic (exact) mass is 412 g/mol. The maximum atomic E-state index is 12.3. The van der Waals surface area contributed by atoms with E-state index in [0.29, 0.717) is 25.1 Å².